The van der Waals surface area contributed by atoms with Crippen LogP contribution in [0.3, 0.4) is 0 Å². The smallest absolute Gasteiger partial charge is 0.167 e. The molecule has 0 saturated carbocycles. The van der Waals surface area contributed by atoms with Gasteiger partial charge in [0.1, 0.15) is 5.75 Å². The van der Waals surface area contributed by atoms with Crippen LogP contribution >= 0.6 is 0 Å². The van der Waals surface area contributed by atoms with Crippen molar-refractivity contribution in [3.63, 3.8) is 0 Å². The molecule has 0 bridgehead atoms. The Hall–Kier alpha value is -2.02. The Morgan fingerprint density at radius 2 is 1.54 bits per heavy atom. The van der Waals surface area contributed by atoms with Gasteiger partial charge in [0.2, 0.25) is 0 Å². The maximum absolute atomic E-state index is 14.1. The number of halogens is 2. The fourth-order valence-electron chi connectivity index (χ4n) is 3.35. The lowest BCUT2D eigenvalue weighted by Gasteiger charge is -2.35. The predicted octanol–water partition coefficient (Wildman–Crippen LogP) is 2.78. The highest BCUT2D eigenvalue weighted by atomic mass is 19.2. The Morgan fingerprint density at radius 3 is 2.15 bits per heavy atom. The first-order valence-electron chi connectivity index (χ1n) is 8.75. The van der Waals surface area contributed by atoms with Gasteiger partial charge in [-0.05, 0) is 23.3 Å². The first-order valence-corrected chi connectivity index (χ1v) is 8.75. The van der Waals surface area contributed by atoms with E-state index in [1.165, 1.54) is 13.2 Å². The number of benzene rings is 2. The molecule has 1 fully saturated rings. The maximum atomic E-state index is 14.1. The molecule has 0 atom stereocenters. The summed E-state index contributed by atoms with van der Waals surface area (Å²) in [5.74, 6) is -1.30. The fourth-order valence-corrected chi connectivity index (χ4v) is 3.35. The Morgan fingerprint density at radius 1 is 0.923 bits per heavy atom. The lowest BCUT2D eigenvalue weighted by molar-refractivity contribution is 0.119. The molecular weight excluding hydrogens is 338 g/mol. The molecule has 0 aliphatic carbocycles. The quantitative estimate of drug-likeness (QED) is 0.857. The zero-order chi connectivity index (χ0) is 18.5. The van der Waals surface area contributed by atoms with E-state index in [0.29, 0.717) is 12.3 Å². The summed E-state index contributed by atoms with van der Waals surface area (Å²) < 4.78 is 32.9. The largest absolute Gasteiger partial charge is 0.496 e. The fraction of sp³-hybridized carbons (Fsp3) is 0.400. The summed E-state index contributed by atoms with van der Waals surface area (Å²) in [7, 11) is 1.47. The van der Waals surface area contributed by atoms with Gasteiger partial charge in [0.15, 0.2) is 11.6 Å². The average molecular weight is 362 g/mol. The monoisotopic (exact) mass is 362 g/mol. The van der Waals surface area contributed by atoms with Crippen LogP contribution in [0.25, 0.3) is 0 Å². The highest BCUT2D eigenvalue weighted by Gasteiger charge is 2.22. The number of aliphatic hydroxyl groups excluding tert-OH is 1. The standard InChI is InChI=1S/C20H24F2N2O2/c1-26-19-7-6-18(21)20(22)17(19)13-24-10-8-23(9-11-24)12-15-4-2-3-5-16(15)14-25/h2-7,25H,8-14H2,1H3. The normalized spacial score (nSPS) is 16.0. The van der Waals surface area contributed by atoms with E-state index in [0.717, 1.165) is 49.9 Å². The molecule has 2 aromatic carbocycles. The summed E-state index contributed by atoms with van der Waals surface area (Å²) >= 11 is 0. The second kappa shape index (κ2) is 8.58. The van der Waals surface area contributed by atoms with Gasteiger partial charge < -0.3 is 9.84 Å². The molecule has 140 valence electrons. The predicted molar refractivity (Wildman–Crippen MR) is 95.8 cm³/mol. The van der Waals surface area contributed by atoms with E-state index in [9.17, 15) is 13.9 Å². The molecule has 4 nitrogen and oxygen atoms in total. The van der Waals surface area contributed by atoms with Crippen molar-refractivity contribution in [1.82, 2.24) is 9.80 Å². The minimum absolute atomic E-state index is 0.0365. The van der Waals surface area contributed by atoms with Crippen molar-refractivity contribution in [1.29, 1.82) is 0 Å². The molecule has 3 rings (SSSR count). The molecule has 0 unspecified atom stereocenters. The number of hydrogen-bond donors (Lipinski definition) is 1. The number of rotatable bonds is 6. The molecular formula is C20H24F2N2O2. The van der Waals surface area contributed by atoms with E-state index in [4.69, 9.17) is 4.74 Å². The van der Waals surface area contributed by atoms with Gasteiger partial charge in [0.25, 0.3) is 0 Å². The third-order valence-electron chi connectivity index (χ3n) is 4.90. The van der Waals surface area contributed by atoms with Gasteiger partial charge in [-0.1, -0.05) is 24.3 Å². The third-order valence-corrected chi connectivity index (χ3v) is 4.90. The number of nitrogens with zero attached hydrogens (tertiary/aromatic N) is 2. The van der Waals surface area contributed by atoms with Crippen LogP contribution in [0.5, 0.6) is 5.75 Å². The van der Waals surface area contributed by atoms with Crippen molar-refractivity contribution in [2.45, 2.75) is 19.7 Å². The Bertz CT molecular complexity index is 747. The van der Waals surface area contributed by atoms with Crippen LogP contribution in [-0.4, -0.2) is 48.2 Å². The van der Waals surface area contributed by atoms with Gasteiger partial charge in [-0.25, -0.2) is 8.78 Å². The summed E-state index contributed by atoms with van der Waals surface area (Å²) in [4.78, 5) is 4.42. The van der Waals surface area contributed by atoms with Crippen molar-refractivity contribution in [2.75, 3.05) is 33.3 Å². The molecule has 1 N–H and O–H groups in total. The summed E-state index contributed by atoms with van der Waals surface area (Å²) in [5, 5.41) is 9.45. The topological polar surface area (TPSA) is 35.9 Å². The molecule has 1 saturated heterocycles. The molecule has 0 radical (unpaired) electrons. The van der Waals surface area contributed by atoms with Gasteiger partial charge in [-0.15, -0.1) is 0 Å². The zero-order valence-corrected chi connectivity index (χ0v) is 14.9. The second-order valence-electron chi connectivity index (χ2n) is 6.52. The van der Waals surface area contributed by atoms with E-state index in [2.05, 4.69) is 9.80 Å². The van der Waals surface area contributed by atoms with Gasteiger partial charge >= 0.3 is 0 Å². The average Bonchev–Trinajstić information content (AvgIpc) is 2.67. The van der Waals surface area contributed by atoms with Crippen molar-refractivity contribution in [2.24, 2.45) is 0 Å². The molecule has 0 aromatic heterocycles. The highest BCUT2D eigenvalue weighted by Crippen LogP contribution is 2.25. The molecule has 0 amide bonds. The summed E-state index contributed by atoms with van der Waals surface area (Å²) in [6, 6.07) is 10.4. The Labute approximate surface area is 152 Å². The minimum atomic E-state index is -0.847. The van der Waals surface area contributed by atoms with Gasteiger partial charge in [0.05, 0.1) is 13.7 Å². The van der Waals surface area contributed by atoms with Crippen LogP contribution in [0.2, 0.25) is 0 Å². The van der Waals surface area contributed by atoms with Crippen LogP contribution in [0, 0.1) is 11.6 Å². The first-order chi connectivity index (χ1) is 12.6. The van der Waals surface area contributed by atoms with Gasteiger partial charge in [-0.3, -0.25) is 9.80 Å². The Balaban J connectivity index is 1.60. The van der Waals surface area contributed by atoms with Crippen LogP contribution in [-0.2, 0) is 19.7 Å². The number of methoxy groups -OCH3 is 1. The molecule has 1 aliphatic heterocycles. The summed E-state index contributed by atoms with van der Waals surface area (Å²) in [6.45, 7) is 4.34. The second-order valence-corrected chi connectivity index (χ2v) is 6.52. The molecule has 26 heavy (non-hydrogen) atoms. The summed E-state index contributed by atoms with van der Waals surface area (Å²) in [6.07, 6.45) is 0. The third kappa shape index (κ3) is 4.20. The number of hydrogen-bond acceptors (Lipinski definition) is 4. The van der Waals surface area contributed by atoms with Crippen LogP contribution in [0.15, 0.2) is 36.4 Å². The van der Waals surface area contributed by atoms with E-state index in [1.807, 2.05) is 24.3 Å². The SMILES string of the molecule is COc1ccc(F)c(F)c1CN1CCN(Cc2ccccc2CO)CC1. The van der Waals surface area contributed by atoms with Crippen LogP contribution in [0.4, 0.5) is 8.78 Å². The first kappa shape index (κ1) is 18.8. The number of ether oxygens (including phenoxy) is 1. The lowest BCUT2D eigenvalue weighted by Crippen LogP contribution is -2.45. The van der Waals surface area contributed by atoms with Crippen molar-refractivity contribution < 1.29 is 18.6 Å². The molecule has 6 heteroatoms. The molecule has 0 spiro atoms. The van der Waals surface area contributed by atoms with Crippen LogP contribution in [0.1, 0.15) is 16.7 Å². The van der Waals surface area contributed by atoms with Gasteiger partial charge in [-0.2, -0.15) is 0 Å². The maximum Gasteiger partial charge on any atom is 0.167 e. The van der Waals surface area contributed by atoms with E-state index >= 15 is 0 Å². The van der Waals surface area contributed by atoms with Crippen molar-refractivity contribution >= 4 is 0 Å². The van der Waals surface area contributed by atoms with E-state index in [1.54, 1.807) is 0 Å². The minimum Gasteiger partial charge on any atom is -0.496 e. The number of piperazine rings is 1. The molecule has 1 heterocycles. The van der Waals surface area contributed by atoms with Crippen molar-refractivity contribution in [3.8, 4) is 5.75 Å². The van der Waals surface area contributed by atoms with E-state index in [-0.39, 0.29) is 12.2 Å². The Kier molecular flexibility index (Phi) is 6.19. The van der Waals surface area contributed by atoms with Gasteiger partial charge in [0, 0.05) is 44.8 Å². The molecule has 1 aliphatic rings. The molecule has 2 aromatic rings. The summed E-state index contributed by atoms with van der Waals surface area (Å²) in [5.41, 5.74) is 2.34. The zero-order valence-electron chi connectivity index (χ0n) is 14.9. The van der Waals surface area contributed by atoms with Crippen molar-refractivity contribution in [3.05, 3.63) is 64.7 Å². The number of aliphatic hydroxyl groups is 1. The van der Waals surface area contributed by atoms with E-state index < -0.39 is 11.6 Å². The highest BCUT2D eigenvalue weighted by molar-refractivity contribution is 5.35. The van der Waals surface area contributed by atoms with Crippen LogP contribution < -0.4 is 4.74 Å². The lowest BCUT2D eigenvalue weighted by atomic mass is 10.1.